The number of fused-ring (bicyclic) bond motifs is 6. The Bertz CT molecular complexity index is 3130. The summed E-state index contributed by atoms with van der Waals surface area (Å²) < 4.78 is 4.92. The molecule has 9 aromatic carbocycles. The predicted molar refractivity (Wildman–Crippen MR) is 237 cm³/mol. The van der Waals surface area contributed by atoms with E-state index < -0.39 is 0 Å². The van der Waals surface area contributed by atoms with Gasteiger partial charge in [-0.05, 0) is 88.0 Å². The molecule has 11 rings (SSSR count). The summed E-state index contributed by atoms with van der Waals surface area (Å²) in [6, 6.07) is 79.4. The molecule has 11 aromatic rings. The van der Waals surface area contributed by atoms with Crippen LogP contribution in [0.4, 0.5) is 0 Å². The third-order valence-corrected chi connectivity index (χ3v) is 11.3. The number of hydrogen-bond donors (Lipinski definition) is 0. The van der Waals surface area contributed by atoms with Gasteiger partial charge in [0.05, 0.1) is 33.4 Å². The first-order chi connectivity index (χ1) is 27.8. The quantitative estimate of drug-likeness (QED) is 0.162. The summed E-state index contributed by atoms with van der Waals surface area (Å²) in [5, 5.41) is 4.96. The molecule has 0 radical (unpaired) electrons. The monoisotopic (exact) mass is 712 g/mol. The summed E-state index contributed by atoms with van der Waals surface area (Å²) in [6.45, 7) is 0. The fraction of sp³-hybridized carbons (Fsp3) is 0. The van der Waals surface area contributed by atoms with Crippen LogP contribution in [-0.2, 0) is 0 Å². The van der Waals surface area contributed by atoms with Gasteiger partial charge < -0.3 is 9.13 Å². The first-order valence-electron chi connectivity index (χ1n) is 19.3. The van der Waals surface area contributed by atoms with Crippen molar-refractivity contribution in [2.45, 2.75) is 0 Å². The van der Waals surface area contributed by atoms with E-state index in [9.17, 15) is 0 Å². The molecule has 56 heavy (non-hydrogen) atoms. The van der Waals surface area contributed by atoms with Crippen molar-refractivity contribution in [3.8, 4) is 55.9 Å². The number of rotatable bonds is 6. The molecule has 0 aliphatic rings. The van der Waals surface area contributed by atoms with Gasteiger partial charge in [-0.15, -0.1) is 0 Å². The molecule has 0 aliphatic carbocycles. The second-order valence-corrected chi connectivity index (χ2v) is 14.5. The van der Waals surface area contributed by atoms with Crippen molar-refractivity contribution in [1.82, 2.24) is 9.13 Å². The Balaban J connectivity index is 1.15. The smallest absolute Gasteiger partial charge is 0.0541 e. The van der Waals surface area contributed by atoms with Gasteiger partial charge in [0.2, 0.25) is 0 Å². The maximum Gasteiger partial charge on any atom is 0.0541 e. The van der Waals surface area contributed by atoms with Crippen LogP contribution < -0.4 is 0 Å². The molecule has 2 heterocycles. The van der Waals surface area contributed by atoms with Gasteiger partial charge in [-0.2, -0.15) is 0 Å². The Morgan fingerprint density at radius 1 is 0.214 bits per heavy atom. The molecule has 0 atom stereocenters. The van der Waals surface area contributed by atoms with Gasteiger partial charge in [-0.1, -0.05) is 164 Å². The first-order valence-corrected chi connectivity index (χ1v) is 19.3. The lowest BCUT2D eigenvalue weighted by Crippen LogP contribution is -2.01. The molecule has 0 saturated heterocycles. The van der Waals surface area contributed by atoms with E-state index in [1.54, 1.807) is 0 Å². The normalized spacial score (nSPS) is 11.6. The van der Waals surface area contributed by atoms with Gasteiger partial charge in [0.15, 0.2) is 0 Å². The van der Waals surface area contributed by atoms with Gasteiger partial charge in [-0.3, -0.25) is 0 Å². The zero-order valence-corrected chi connectivity index (χ0v) is 30.7. The fourth-order valence-electron chi connectivity index (χ4n) is 8.74. The van der Waals surface area contributed by atoms with Gasteiger partial charge in [0, 0.05) is 32.7 Å². The Morgan fingerprint density at radius 3 is 0.964 bits per heavy atom. The van der Waals surface area contributed by atoms with Crippen LogP contribution in [0.25, 0.3) is 99.5 Å². The minimum Gasteiger partial charge on any atom is -0.309 e. The zero-order valence-electron chi connectivity index (χ0n) is 30.7. The van der Waals surface area contributed by atoms with Gasteiger partial charge in [-0.25, -0.2) is 0 Å². The van der Waals surface area contributed by atoms with E-state index >= 15 is 0 Å². The Labute approximate surface area is 325 Å². The number of hydrogen-bond acceptors (Lipinski definition) is 0. The molecule has 262 valence electrons. The van der Waals surface area contributed by atoms with Crippen LogP contribution in [0.5, 0.6) is 0 Å². The van der Waals surface area contributed by atoms with E-state index in [0.717, 1.165) is 11.4 Å². The lowest BCUT2D eigenvalue weighted by Gasteiger charge is -2.18. The first kappa shape index (κ1) is 32.0. The summed E-state index contributed by atoms with van der Waals surface area (Å²) >= 11 is 0. The summed E-state index contributed by atoms with van der Waals surface area (Å²) in [5.74, 6) is 0. The molecule has 2 heteroatoms. The minimum absolute atomic E-state index is 1.15. The SMILES string of the molecule is c1ccc(-c2ccc3c(c2)c2ccccc2n3-c2ccccc2-c2ccccc2-n2c3ccc(-c4ccccc4)cc3c3cc(-c4ccccc4)ccc32)cc1. The topological polar surface area (TPSA) is 9.86 Å². The van der Waals surface area contributed by atoms with Gasteiger partial charge in [0.1, 0.15) is 0 Å². The Morgan fingerprint density at radius 2 is 0.536 bits per heavy atom. The number of para-hydroxylation sites is 3. The van der Waals surface area contributed by atoms with Crippen LogP contribution in [0.15, 0.2) is 218 Å². The van der Waals surface area contributed by atoms with Gasteiger partial charge in [0.25, 0.3) is 0 Å². The van der Waals surface area contributed by atoms with Crippen molar-refractivity contribution >= 4 is 43.6 Å². The molecular weight excluding hydrogens is 677 g/mol. The van der Waals surface area contributed by atoms with Crippen LogP contribution in [0, 0.1) is 0 Å². The number of nitrogens with zero attached hydrogens (tertiary/aromatic N) is 2. The molecule has 2 aromatic heterocycles. The molecule has 0 spiro atoms. The van der Waals surface area contributed by atoms with Crippen molar-refractivity contribution in [2.75, 3.05) is 0 Å². The molecule has 0 saturated carbocycles. The van der Waals surface area contributed by atoms with E-state index in [0.29, 0.717) is 0 Å². The highest BCUT2D eigenvalue weighted by Gasteiger charge is 2.21. The highest BCUT2D eigenvalue weighted by molar-refractivity contribution is 6.13. The predicted octanol–water partition coefficient (Wildman–Crippen LogP) is 14.5. The molecular formula is C54H36N2. The van der Waals surface area contributed by atoms with Gasteiger partial charge >= 0.3 is 0 Å². The Hall–Kier alpha value is -7.42. The van der Waals surface area contributed by atoms with E-state index in [2.05, 4.69) is 228 Å². The van der Waals surface area contributed by atoms with Crippen molar-refractivity contribution < 1.29 is 0 Å². The second-order valence-electron chi connectivity index (χ2n) is 14.5. The van der Waals surface area contributed by atoms with Crippen LogP contribution in [0.3, 0.4) is 0 Å². The molecule has 0 N–H and O–H groups in total. The standard InChI is InChI=1S/C54H36N2/c1-4-16-37(17-5-1)40-28-31-52-46(34-40)45-24-12-15-27-51(45)55(52)49-25-13-10-22-43(49)44-23-11-14-26-50(44)56-53-32-29-41(38-18-6-2-7-19-38)35-47(53)48-36-42(30-33-54(48)56)39-20-8-3-9-21-39/h1-36H. The maximum atomic E-state index is 2.47. The average molecular weight is 713 g/mol. The third kappa shape index (κ3) is 5.19. The maximum absolute atomic E-state index is 2.47. The van der Waals surface area contributed by atoms with E-state index in [1.807, 2.05) is 0 Å². The summed E-state index contributed by atoms with van der Waals surface area (Å²) in [4.78, 5) is 0. The molecule has 0 aliphatic heterocycles. The zero-order chi connectivity index (χ0) is 37.0. The minimum atomic E-state index is 1.15. The lowest BCUT2D eigenvalue weighted by atomic mass is 10.0. The van der Waals surface area contributed by atoms with Crippen molar-refractivity contribution in [3.05, 3.63) is 218 Å². The highest BCUT2D eigenvalue weighted by Crippen LogP contribution is 2.42. The highest BCUT2D eigenvalue weighted by atomic mass is 15.0. The second kappa shape index (κ2) is 13.2. The van der Waals surface area contributed by atoms with Crippen LogP contribution in [0.2, 0.25) is 0 Å². The molecule has 2 nitrogen and oxygen atoms in total. The summed E-state index contributed by atoms with van der Waals surface area (Å²) in [7, 11) is 0. The summed E-state index contributed by atoms with van der Waals surface area (Å²) in [5.41, 5.74) is 16.7. The van der Waals surface area contributed by atoms with Crippen molar-refractivity contribution in [3.63, 3.8) is 0 Å². The van der Waals surface area contributed by atoms with E-state index in [4.69, 9.17) is 0 Å². The average Bonchev–Trinajstić information content (AvgIpc) is 3.79. The molecule has 0 fully saturated rings. The summed E-state index contributed by atoms with van der Waals surface area (Å²) in [6.07, 6.45) is 0. The third-order valence-electron chi connectivity index (χ3n) is 11.3. The van der Waals surface area contributed by atoms with Crippen LogP contribution in [-0.4, -0.2) is 9.13 Å². The van der Waals surface area contributed by atoms with E-state index in [1.165, 1.54) is 88.1 Å². The fourth-order valence-corrected chi connectivity index (χ4v) is 8.74. The van der Waals surface area contributed by atoms with Crippen molar-refractivity contribution in [2.24, 2.45) is 0 Å². The van der Waals surface area contributed by atoms with Crippen LogP contribution >= 0.6 is 0 Å². The lowest BCUT2D eigenvalue weighted by molar-refractivity contribution is 1.16. The van der Waals surface area contributed by atoms with Crippen LogP contribution in [0.1, 0.15) is 0 Å². The van der Waals surface area contributed by atoms with E-state index in [-0.39, 0.29) is 0 Å². The van der Waals surface area contributed by atoms with Crippen molar-refractivity contribution in [1.29, 1.82) is 0 Å². The number of benzene rings is 9. The largest absolute Gasteiger partial charge is 0.309 e. The number of aromatic nitrogens is 2. The molecule has 0 unspecified atom stereocenters. The molecule has 0 amide bonds. The molecule has 0 bridgehead atoms. The Kier molecular flexibility index (Phi) is 7.53.